The summed E-state index contributed by atoms with van der Waals surface area (Å²) in [5, 5.41) is 20.1. The first-order valence-corrected chi connectivity index (χ1v) is 7.26. The number of amides is 1. The third-order valence-corrected chi connectivity index (χ3v) is 4.43. The zero-order chi connectivity index (χ0) is 14.9. The lowest BCUT2D eigenvalue weighted by Gasteiger charge is -2.26. The van der Waals surface area contributed by atoms with Gasteiger partial charge in [0.2, 0.25) is 0 Å². The Morgan fingerprint density at radius 2 is 2.19 bits per heavy atom. The van der Waals surface area contributed by atoms with Crippen LogP contribution in [0.3, 0.4) is 0 Å². The topological polar surface area (TPSA) is 104 Å². The molecule has 6 heteroatoms. The largest absolute Gasteiger partial charge is 0.399 e. The van der Waals surface area contributed by atoms with Gasteiger partial charge in [-0.3, -0.25) is 9.89 Å². The molecule has 0 aliphatic heterocycles. The highest BCUT2D eigenvalue weighted by Gasteiger charge is 2.33. The molecule has 0 atom stereocenters. The van der Waals surface area contributed by atoms with Crippen molar-refractivity contribution in [2.45, 2.75) is 25.7 Å². The van der Waals surface area contributed by atoms with Crippen LogP contribution < -0.4 is 11.1 Å². The Bertz CT molecular complexity index is 659. The van der Waals surface area contributed by atoms with Crippen LogP contribution in [0, 0.1) is 5.41 Å². The summed E-state index contributed by atoms with van der Waals surface area (Å²) < 4.78 is 0. The fourth-order valence-electron chi connectivity index (χ4n) is 3.07. The van der Waals surface area contributed by atoms with Crippen LogP contribution in [0.1, 0.15) is 36.2 Å². The minimum atomic E-state index is -0.230. The van der Waals surface area contributed by atoms with Crippen molar-refractivity contribution in [1.29, 1.82) is 0 Å². The zero-order valence-corrected chi connectivity index (χ0v) is 11.9. The number of fused-ring (bicyclic) bond motifs is 1. The van der Waals surface area contributed by atoms with Gasteiger partial charge in [0.25, 0.3) is 5.91 Å². The molecule has 1 fully saturated rings. The summed E-state index contributed by atoms with van der Waals surface area (Å²) in [5.74, 6) is -0.230. The number of H-pyrrole nitrogens is 1. The highest BCUT2D eigenvalue weighted by atomic mass is 16.3. The van der Waals surface area contributed by atoms with E-state index < -0.39 is 0 Å². The summed E-state index contributed by atoms with van der Waals surface area (Å²) in [4.78, 5) is 12.3. The van der Waals surface area contributed by atoms with E-state index in [4.69, 9.17) is 5.73 Å². The first-order valence-electron chi connectivity index (χ1n) is 7.26. The van der Waals surface area contributed by atoms with E-state index in [2.05, 4.69) is 15.5 Å². The van der Waals surface area contributed by atoms with Gasteiger partial charge in [-0.2, -0.15) is 5.10 Å². The summed E-state index contributed by atoms with van der Waals surface area (Å²) in [7, 11) is 0. The Morgan fingerprint density at radius 1 is 1.43 bits per heavy atom. The number of aliphatic hydroxyl groups excluding tert-OH is 1. The zero-order valence-electron chi connectivity index (χ0n) is 11.9. The van der Waals surface area contributed by atoms with E-state index in [0.29, 0.717) is 17.9 Å². The number of nitrogens with one attached hydrogen (secondary N) is 2. The molecule has 5 N–H and O–H groups in total. The van der Waals surface area contributed by atoms with Crippen molar-refractivity contribution < 1.29 is 9.90 Å². The van der Waals surface area contributed by atoms with Gasteiger partial charge >= 0.3 is 0 Å². The molecule has 0 saturated heterocycles. The normalized spacial score (nSPS) is 17.2. The van der Waals surface area contributed by atoms with Crippen LogP contribution in [0.25, 0.3) is 10.9 Å². The van der Waals surface area contributed by atoms with E-state index in [1.54, 1.807) is 18.2 Å². The predicted octanol–water partition coefficient (Wildman–Crippen LogP) is 1.43. The molecular formula is C15H20N4O2. The Balaban J connectivity index is 1.76. The van der Waals surface area contributed by atoms with E-state index in [9.17, 15) is 9.90 Å². The molecule has 1 aromatic carbocycles. The third-order valence-electron chi connectivity index (χ3n) is 4.43. The number of rotatable bonds is 4. The van der Waals surface area contributed by atoms with Gasteiger partial charge in [0, 0.05) is 23.0 Å². The number of nitrogens with zero attached hydrogens (tertiary/aromatic N) is 1. The second-order valence-corrected chi connectivity index (χ2v) is 5.93. The fraction of sp³-hybridized carbons (Fsp3) is 0.467. The van der Waals surface area contributed by atoms with Crippen molar-refractivity contribution in [3.8, 4) is 0 Å². The second kappa shape index (κ2) is 5.37. The molecule has 1 amide bonds. The maximum absolute atomic E-state index is 12.3. The van der Waals surface area contributed by atoms with Gasteiger partial charge in [0.05, 0.1) is 12.1 Å². The molecule has 1 aromatic heterocycles. The number of hydrogen-bond acceptors (Lipinski definition) is 4. The quantitative estimate of drug-likeness (QED) is 0.639. The molecule has 6 nitrogen and oxygen atoms in total. The third kappa shape index (κ3) is 2.58. The maximum Gasteiger partial charge on any atom is 0.272 e. The van der Waals surface area contributed by atoms with Crippen molar-refractivity contribution in [2.24, 2.45) is 5.41 Å². The molecule has 2 aromatic rings. The minimum absolute atomic E-state index is 0.113. The van der Waals surface area contributed by atoms with Crippen molar-refractivity contribution >= 4 is 22.5 Å². The lowest BCUT2D eigenvalue weighted by Crippen LogP contribution is -2.38. The number of carbonyl (C=O) groups is 1. The lowest BCUT2D eigenvalue weighted by atomic mass is 9.87. The van der Waals surface area contributed by atoms with Crippen LogP contribution in [-0.2, 0) is 0 Å². The lowest BCUT2D eigenvalue weighted by molar-refractivity contribution is 0.0877. The molecule has 0 unspecified atom stereocenters. The number of hydrogen-bond donors (Lipinski definition) is 4. The summed E-state index contributed by atoms with van der Waals surface area (Å²) in [5.41, 5.74) is 7.33. The van der Waals surface area contributed by atoms with Crippen molar-refractivity contribution in [3.63, 3.8) is 0 Å². The molecule has 0 radical (unpaired) electrons. The molecule has 112 valence electrons. The molecular weight excluding hydrogens is 268 g/mol. The molecule has 1 aliphatic rings. The standard InChI is InChI=1S/C15H20N4O2/c16-10-3-4-12-11(7-10)13(19-18-12)14(21)17-8-15(9-20)5-1-2-6-15/h3-4,7,20H,1-2,5-6,8-9,16H2,(H,17,21)(H,18,19). The van der Waals surface area contributed by atoms with Crippen molar-refractivity contribution in [3.05, 3.63) is 23.9 Å². The number of anilines is 1. The summed E-state index contributed by atoms with van der Waals surface area (Å²) in [6.45, 7) is 0.598. The van der Waals surface area contributed by atoms with Crippen LogP contribution in [0.15, 0.2) is 18.2 Å². The van der Waals surface area contributed by atoms with Gasteiger partial charge in [-0.25, -0.2) is 0 Å². The van der Waals surface area contributed by atoms with E-state index >= 15 is 0 Å². The summed E-state index contributed by atoms with van der Waals surface area (Å²) >= 11 is 0. The molecule has 0 spiro atoms. The van der Waals surface area contributed by atoms with E-state index in [1.807, 2.05) is 0 Å². The Morgan fingerprint density at radius 3 is 2.90 bits per heavy atom. The number of carbonyl (C=O) groups excluding carboxylic acids is 1. The Labute approximate surface area is 122 Å². The van der Waals surface area contributed by atoms with Gasteiger partial charge in [0.1, 0.15) is 0 Å². The van der Waals surface area contributed by atoms with Gasteiger partial charge in [0.15, 0.2) is 5.69 Å². The minimum Gasteiger partial charge on any atom is -0.399 e. The monoisotopic (exact) mass is 288 g/mol. The fourth-order valence-corrected chi connectivity index (χ4v) is 3.07. The molecule has 0 bridgehead atoms. The SMILES string of the molecule is Nc1ccc2[nH]nc(C(=O)NCC3(CO)CCCC3)c2c1. The summed E-state index contributed by atoms with van der Waals surface area (Å²) in [6.07, 6.45) is 4.13. The smallest absolute Gasteiger partial charge is 0.272 e. The molecule has 1 heterocycles. The van der Waals surface area contributed by atoms with Crippen LogP contribution in [0.5, 0.6) is 0 Å². The van der Waals surface area contributed by atoms with Gasteiger partial charge in [-0.15, -0.1) is 0 Å². The van der Waals surface area contributed by atoms with E-state index in [1.165, 1.54) is 0 Å². The van der Waals surface area contributed by atoms with Crippen molar-refractivity contribution in [1.82, 2.24) is 15.5 Å². The number of benzene rings is 1. The maximum atomic E-state index is 12.3. The van der Waals surface area contributed by atoms with Crippen LogP contribution in [0.4, 0.5) is 5.69 Å². The number of nitrogens with two attached hydrogens (primary N) is 1. The number of aromatic nitrogens is 2. The summed E-state index contributed by atoms with van der Waals surface area (Å²) in [6, 6.07) is 5.31. The number of aliphatic hydroxyl groups is 1. The molecule has 1 aliphatic carbocycles. The van der Waals surface area contributed by atoms with Crippen LogP contribution in [-0.4, -0.2) is 34.4 Å². The first kappa shape index (κ1) is 13.9. The van der Waals surface area contributed by atoms with Crippen LogP contribution >= 0.6 is 0 Å². The molecule has 1 saturated carbocycles. The highest BCUT2D eigenvalue weighted by Crippen LogP contribution is 2.37. The van der Waals surface area contributed by atoms with Crippen molar-refractivity contribution in [2.75, 3.05) is 18.9 Å². The molecule has 3 rings (SSSR count). The molecule has 21 heavy (non-hydrogen) atoms. The van der Waals surface area contributed by atoms with E-state index in [-0.39, 0.29) is 17.9 Å². The number of aromatic amines is 1. The predicted molar refractivity (Wildman–Crippen MR) is 80.8 cm³/mol. The number of nitrogen functional groups attached to an aromatic ring is 1. The van der Waals surface area contributed by atoms with Gasteiger partial charge in [-0.05, 0) is 31.0 Å². The van der Waals surface area contributed by atoms with Gasteiger partial charge < -0.3 is 16.2 Å². The van der Waals surface area contributed by atoms with Gasteiger partial charge in [-0.1, -0.05) is 12.8 Å². The first-order chi connectivity index (χ1) is 10.1. The highest BCUT2D eigenvalue weighted by molar-refractivity contribution is 6.05. The average Bonchev–Trinajstić information content (AvgIpc) is 3.12. The average molecular weight is 288 g/mol. The van der Waals surface area contributed by atoms with E-state index in [0.717, 1.165) is 36.6 Å². The van der Waals surface area contributed by atoms with Crippen LogP contribution in [0.2, 0.25) is 0 Å². The Hall–Kier alpha value is -2.08. The second-order valence-electron chi connectivity index (χ2n) is 5.93. The Kier molecular flexibility index (Phi) is 3.55.